The van der Waals surface area contributed by atoms with Crippen molar-refractivity contribution in [3.63, 3.8) is 0 Å². The zero-order chi connectivity index (χ0) is 39.5. The fourth-order valence-electron chi connectivity index (χ4n) is 9.07. The number of carboxylic acids is 1. The predicted molar refractivity (Wildman–Crippen MR) is 223 cm³/mol. The van der Waals surface area contributed by atoms with E-state index in [9.17, 15) is 15.0 Å². The SMILES string of the molecule is C=C1CC[C@H](O)C/C1=C/C=C1\CCC[C@]2(C)[C@@H]([C@H](C)CCCC(C)(C)O)CC[C@@H]12.COc1cc(C)c(/C=C/C(C)=C/C=C/C(C)=C/C(=O)O)c(C)c1C. The molecule has 3 fully saturated rings. The number of hydrogen-bond donors (Lipinski definition) is 3. The van der Waals surface area contributed by atoms with Gasteiger partial charge in [-0.15, -0.1) is 0 Å². The van der Waals surface area contributed by atoms with E-state index in [2.05, 4.69) is 71.6 Å². The van der Waals surface area contributed by atoms with Gasteiger partial charge >= 0.3 is 5.97 Å². The number of aliphatic carboxylic acids is 1. The van der Waals surface area contributed by atoms with Crippen LogP contribution in [0.4, 0.5) is 0 Å². The third kappa shape index (κ3) is 12.9. The number of allylic oxidation sites excluding steroid dienone is 10. The predicted octanol–water partition coefficient (Wildman–Crippen LogP) is 11.9. The zero-order valence-electron chi connectivity index (χ0n) is 34.6. The summed E-state index contributed by atoms with van der Waals surface area (Å²) < 4.78 is 5.40. The van der Waals surface area contributed by atoms with Gasteiger partial charge in [0.05, 0.1) is 18.8 Å². The van der Waals surface area contributed by atoms with Gasteiger partial charge in [-0.1, -0.05) is 92.5 Å². The Kier molecular flexibility index (Phi) is 16.4. The molecule has 3 aliphatic carbocycles. The van der Waals surface area contributed by atoms with Crippen LogP contribution in [0.5, 0.6) is 5.75 Å². The minimum atomic E-state index is -0.932. The Balaban J connectivity index is 0.000000291. The lowest BCUT2D eigenvalue weighted by molar-refractivity contribution is -0.131. The minimum Gasteiger partial charge on any atom is -0.496 e. The first-order chi connectivity index (χ1) is 24.9. The highest BCUT2D eigenvalue weighted by Gasteiger charge is 2.50. The summed E-state index contributed by atoms with van der Waals surface area (Å²) in [5.41, 5.74) is 10.5. The maximum Gasteiger partial charge on any atom is 0.328 e. The molecule has 0 spiro atoms. The number of aliphatic hydroxyl groups is 2. The van der Waals surface area contributed by atoms with Gasteiger partial charge in [0.25, 0.3) is 0 Å². The standard InChI is InChI=1S/C27H44O2.C21H26O3/c1-19-10-13-23(28)18-22(19)12-11-21-9-7-17-27(5)24(14-15-25(21)27)20(2)8-6-16-26(3,4)29;1-14(8-7-9-15(2)12-21(22)23)10-11-19-16(3)13-20(24-6)18(5)17(19)4/h11-12,20,23-25,28-29H,1,6-10,13-18H2,2-5H3;7-13H,1-6H3,(H,22,23)/b21-11+,22-12-;9-7+,11-10+,14-8+,15-12+/t20-,23+,24-,25+,27-;/m1./s1. The van der Waals surface area contributed by atoms with E-state index < -0.39 is 11.6 Å². The molecule has 0 bridgehead atoms. The van der Waals surface area contributed by atoms with Crippen molar-refractivity contribution in [2.24, 2.45) is 23.2 Å². The normalized spacial score (nSPS) is 26.3. The second-order valence-corrected chi connectivity index (χ2v) is 17.1. The Morgan fingerprint density at radius 2 is 1.79 bits per heavy atom. The first-order valence-corrected chi connectivity index (χ1v) is 19.9. The summed E-state index contributed by atoms with van der Waals surface area (Å²) in [5, 5.41) is 28.7. The van der Waals surface area contributed by atoms with E-state index in [1.807, 2.05) is 32.9 Å². The molecule has 292 valence electrons. The number of hydrogen-bond acceptors (Lipinski definition) is 4. The average molecular weight is 727 g/mol. The van der Waals surface area contributed by atoms with Gasteiger partial charge in [0.2, 0.25) is 0 Å². The molecule has 1 aromatic carbocycles. The number of methoxy groups -OCH3 is 1. The molecule has 3 saturated carbocycles. The summed E-state index contributed by atoms with van der Waals surface area (Å²) in [7, 11) is 1.69. The van der Waals surface area contributed by atoms with Crippen LogP contribution in [0, 0.1) is 43.9 Å². The Morgan fingerprint density at radius 1 is 1.08 bits per heavy atom. The van der Waals surface area contributed by atoms with Gasteiger partial charge < -0.3 is 20.1 Å². The highest BCUT2D eigenvalue weighted by molar-refractivity contribution is 5.81. The van der Waals surface area contributed by atoms with Crippen molar-refractivity contribution in [2.75, 3.05) is 7.11 Å². The van der Waals surface area contributed by atoms with Crippen LogP contribution in [-0.2, 0) is 4.79 Å². The number of aliphatic hydroxyl groups excluding tert-OH is 1. The zero-order valence-corrected chi connectivity index (χ0v) is 34.6. The molecule has 3 aliphatic rings. The molecule has 5 atom stereocenters. The van der Waals surface area contributed by atoms with E-state index in [1.165, 1.54) is 72.4 Å². The summed E-state index contributed by atoms with van der Waals surface area (Å²) in [4.78, 5) is 10.6. The maximum atomic E-state index is 10.6. The first-order valence-electron chi connectivity index (χ1n) is 19.9. The largest absolute Gasteiger partial charge is 0.496 e. The van der Waals surface area contributed by atoms with E-state index in [-0.39, 0.29) is 6.10 Å². The average Bonchev–Trinajstić information content (AvgIpc) is 3.43. The van der Waals surface area contributed by atoms with Crippen LogP contribution in [-0.4, -0.2) is 40.1 Å². The van der Waals surface area contributed by atoms with Gasteiger partial charge in [-0.25, -0.2) is 4.79 Å². The van der Waals surface area contributed by atoms with Crippen molar-refractivity contribution >= 4 is 12.0 Å². The highest BCUT2D eigenvalue weighted by Crippen LogP contribution is 2.60. The summed E-state index contributed by atoms with van der Waals surface area (Å²) in [6.07, 6.45) is 27.8. The van der Waals surface area contributed by atoms with Gasteiger partial charge in [-0.3, -0.25) is 0 Å². The molecule has 5 nitrogen and oxygen atoms in total. The molecule has 4 rings (SSSR count). The summed E-state index contributed by atoms with van der Waals surface area (Å²) in [6, 6.07) is 2.06. The van der Waals surface area contributed by atoms with Crippen LogP contribution >= 0.6 is 0 Å². The van der Waals surface area contributed by atoms with Crippen LogP contribution in [0.3, 0.4) is 0 Å². The lowest BCUT2D eigenvalue weighted by Gasteiger charge is -2.44. The van der Waals surface area contributed by atoms with E-state index >= 15 is 0 Å². The number of carboxylic acid groups (broad SMARTS) is 1. The second kappa shape index (κ2) is 19.8. The molecule has 0 unspecified atom stereocenters. The Morgan fingerprint density at radius 3 is 2.45 bits per heavy atom. The van der Waals surface area contributed by atoms with E-state index in [0.29, 0.717) is 11.0 Å². The summed E-state index contributed by atoms with van der Waals surface area (Å²) in [5.74, 6) is 2.24. The van der Waals surface area contributed by atoms with E-state index in [1.54, 1.807) is 25.7 Å². The molecule has 1 aromatic rings. The van der Waals surface area contributed by atoms with Crippen molar-refractivity contribution in [1.29, 1.82) is 0 Å². The molecule has 5 heteroatoms. The van der Waals surface area contributed by atoms with Crippen molar-refractivity contribution in [3.05, 3.63) is 105 Å². The maximum absolute atomic E-state index is 10.6. The van der Waals surface area contributed by atoms with Crippen LogP contribution in [0.15, 0.2) is 83.0 Å². The Hall–Kier alpha value is -3.41. The molecule has 0 aliphatic heterocycles. The van der Waals surface area contributed by atoms with Crippen LogP contribution < -0.4 is 4.74 Å². The summed E-state index contributed by atoms with van der Waals surface area (Å²) >= 11 is 0. The number of rotatable bonds is 12. The molecular weight excluding hydrogens is 657 g/mol. The smallest absolute Gasteiger partial charge is 0.328 e. The van der Waals surface area contributed by atoms with Crippen LogP contribution in [0.1, 0.15) is 134 Å². The van der Waals surface area contributed by atoms with Gasteiger partial charge in [-0.05, 0) is 169 Å². The topological polar surface area (TPSA) is 87.0 Å². The van der Waals surface area contributed by atoms with Gasteiger partial charge in [-0.2, -0.15) is 0 Å². The second-order valence-electron chi connectivity index (χ2n) is 17.1. The van der Waals surface area contributed by atoms with Crippen molar-refractivity contribution in [1.82, 2.24) is 0 Å². The van der Waals surface area contributed by atoms with Gasteiger partial charge in [0.15, 0.2) is 0 Å². The lowest BCUT2D eigenvalue weighted by Crippen LogP contribution is -2.36. The van der Waals surface area contributed by atoms with Gasteiger partial charge in [0.1, 0.15) is 5.75 Å². The Bertz CT molecular complexity index is 1620. The number of carbonyl (C=O) groups is 1. The van der Waals surface area contributed by atoms with Crippen molar-refractivity contribution in [3.8, 4) is 5.75 Å². The van der Waals surface area contributed by atoms with Crippen molar-refractivity contribution < 1.29 is 24.9 Å². The molecule has 3 N–H and O–H groups in total. The van der Waals surface area contributed by atoms with Crippen LogP contribution in [0.25, 0.3) is 6.08 Å². The third-order valence-electron chi connectivity index (χ3n) is 12.3. The first kappa shape index (κ1) is 44.0. The van der Waals surface area contributed by atoms with Gasteiger partial charge in [0, 0.05) is 6.08 Å². The summed E-state index contributed by atoms with van der Waals surface area (Å²) in [6.45, 7) is 23.1. The highest BCUT2D eigenvalue weighted by atomic mass is 16.5. The molecule has 0 amide bonds. The fourth-order valence-corrected chi connectivity index (χ4v) is 9.07. The molecule has 53 heavy (non-hydrogen) atoms. The lowest BCUT2D eigenvalue weighted by atomic mass is 9.60. The number of ether oxygens (including phenoxy) is 1. The van der Waals surface area contributed by atoms with E-state index in [4.69, 9.17) is 9.84 Å². The molecular formula is C48H70O5. The molecule has 0 saturated heterocycles. The third-order valence-corrected chi connectivity index (χ3v) is 12.3. The number of aryl methyl sites for hydroxylation is 1. The number of fused-ring (bicyclic) bond motifs is 1. The molecule has 0 radical (unpaired) electrons. The number of benzene rings is 1. The quantitative estimate of drug-likeness (QED) is 0.147. The van der Waals surface area contributed by atoms with Crippen molar-refractivity contribution in [2.45, 2.75) is 145 Å². The Labute approximate surface area is 322 Å². The monoisotopic (exact) mass is 727 g/mol. The van der Waals surface area contributed by atoms with Crippen LogP contribution in [0.2, 0.25) is 0 Å². The molecule has 0 heterocycles. The minimum absolute atomic E-state index is 0.192. The van der Waals surface area contributed by atoms with E-state index in [0.717, 1.165) is 66.7 Å². The molecule has 0 aromatic heterocycles. The fraction of sp³-hybridized carbons (Fsp3) is 0.562.